The number of nitrogens with two attached hydrogens (primary N) is 1. The molecule has 3 aromatic carbocycles. The molecule has 0 spiro atoms. The Morgan fingerprint density at radius 3 is 2.28 bits per heavy atom. The standard InChI is InChI=1S/C38H51N5O3/c1-38(2,39)22-12-19-34(44)41(5)33(25-28-20-21-30-15-10-11-18-32(30)24-28)36(45)42(6)35(31-16-8-7-9-17-31)37(46)43-23-13-14-29(27-43)26-40(3)4/h7-12,15-21,24,29,33,35H,13-14,22-23,25-27,39H2,1-6H3/b19-12+/t29-,33+,35?/m0/s1. The van der Waals surface area contributed by atoms with E-state index >= 15 is 0 Å². The van der Waals surface area contributed by atoms with Crippen LogP contribution >= 0.6 is 0 Å². The number of carbonyl (C=O) groups is 3. The summed E-state index contributed by atoms with van der Waals surface area (Å²) in [6, 6.07) is 22.0. The zero-order valence-corrected chi connectivity index (χ0v) is 28.4. The van der Waals surface area contributed by atoms with Gasteiger partial charge in [-0.25, -0.2) is 0 Å². The van der Waals surface area contributed by atoms with Gasteiger partial charge in [0.25, 0.3) is 0 Å². The van der Waals surface area contributed by atoms with Crippen LogP contribution in [0.4, 0.5) is 0 Å². The summed E-state index contributed by atoms with van der Waals surface area (Å²) in [5.74, 6) is -0.295. The van der Waals surface area contributed by atoms with E-state index in [0.29, 0.717) is 31.8 Å². The van der Waals surface area contributed by atoms with E-state index in [1.807, 2.05) is 79.4 Å². The van der Waals surface area contributed by atoms with Crippen molar-refractivity contribution in [2.24, 2.45) is 11.7 Å². The molecular weight excluding hydrogens is 574 g/mol. The Morgan fingerprint density at radius 2 is 1.61 bits per heavy atom. The molecule has 1 aliphatic heterocycles. The molecule has 8 heteroatoms. The molecule has 0 radical (unpaired) electrons. The summed E-state index contributed by atoms with van der Waals surface area (Å²) in [6.45, 7) is 6.03. The van der Waals surface area contributed by atoms with Crippen molar-refractivity contribution in [1.82, 2.24) is 19.6 Å². The third kappa shape index (κ3) is 9.27. The van der Waals surface area contributed by atoms with Crippen molar-refractivity contribution < 1.29 is 14.4 Å². The summed E-state index contributed by atoms with van der Waals surface area (Å²) in [5, 5.41) is 2.17. The van der Waals surface area contributed by atoms with Crippen LogP contribution in [0.3, 0.4) is 0 Å². The Balaban J connectivity index is 1.67. The van der Waals surface area contributed by atoms with Gasteiger partial charge < -0.3 is 25.3 Å². The predicted octanol–water partition coefficient (Wildman–Crippen LogP) is 4.89. The maximum atomic E-state index is 14.6. The van der Waals surface area contributed by atoms with Gasteiger partial charge in [0, 0.05) is 45.7 Å². The zero-order valence-electron chi connectivity index (χ0n) is 28.4. The number of likely N-dealkylation sites (tertiary alicyclic amines) is 1. The predicted molar refractivity (Wildman–Crippen MR) is 186 cm³/mol. The second-order valence-electron chi connectivity index (χ2n) is 13.8. The fraction of sp³-hybridized carbons (Fsp3) is 0.447. The van der Waals surface area contributed by atoms with Gasteiger partial charge >= 0.3 is 0 Å². The number of piperidine rings is 1. The molecule has 0 bridgehead atoms. The molecule has 0 aliphatic carbocycles. The van der Waals surface area contributed by atoms with Gasteiger partial charge in [0.15, 0.2) is 0 Å². The maximum absolute atomic E-state index is 14.6. The van der Waals surface area contributed by atoms with Crippen LogP contribution in [0.15, 0.2) is 84.9 Å². The second kappa shape index (κ2) is 15.5. The average Bonchev–Trinajstić information content (AvgIpc) is 3.02. The molecule has 0 aromatic heterocycles. The normalized spacial score (nSPS) is 16.9. The fourth-order valence-electron chi connectivity index (χ4n) is 6.35. The van der Waals surface area contributed by atoms with E-state index in [9.17, 15) is 14.4 Å². The Bertz CT molecular complexity index is 1510. The highest BCUT2D eigenvalue weighted by molar-refractivity contribution is 5.95. The molecule has 1 unspecified atom stereocenters. The lowest BCUT2D eigenvalue weighted by atomic mass is 9.95. The van der Waals surface area contributed by atoms with Crippen LogP contribution in [-0.2, 0) is 20.8 Å². The van der Waals surface area contributed by atoms with E-state index in [2.05, 4.69) is 31.1 Å². The Kier molecular flexibility index (Phi) is 11.8. The number of amides is 3. The first-order chi connectivity index (χ1) is 21.8. The maximum Gasteiger partial charge on any atom is 0.250 e. The van der Waals surface area contributed by atoms with Gasteiger partial charge in [0.1, 0.15) is 12.1 Å². The van der Waals surface area contributed by atoms with Crippen molar-refractivity contribution in [2.75, 3.05) is 47.8 Å². The third-order valence-electron chi connectivity index (χ3n) is 8.79. The Morgan fingerprint density at radius 1 is 0.935 bits per heavy atom. The molecule has 1 heterocycles. The summed E-state index contributed by atoms with van der Waals surface area (Å²) in [5.41, 5.74) is 7.35. The summed E-state index contributed by atoms with van der Waals surface area (Å²) in [4.78, 5) is 49.6. The largest absolute Gasteiger partial charge is 0.340 e. The first-order valence-electron chi connectivity index (χ1n) is 16.3. The monoisotopic (exact) mass is 625 g/mol. The molecule has 3 aromatic rings. The highest BCUT2D eigenvalue weighted by Gasteiger charge is 2.38. The topological polar surface area (TPSA) is 90.2 Å². The third-order valence-corrected chi connectivity index (χ3v) is 8.79. The van der Waals surface area contributed by atoms with Crippen LogP contribution < -0.4 is 5.73 Å². The van der Waals surface area contributed by atoms with Gasteiger partial charge in [0.2, 0.25) is 17.7 Å². The van der Waals surface area contributed by atoms with E-state index in [0.717, 1.165) is 41.3 Å². The highest BCUT2D eigenvalue weighted by Crippen LogP contribution is 2.28. The SMILES string of the molecule is CN(C)C[C@@H]1CCCN(C(=O)C(c2ccccc2)N(C)C(=O)[C@@H](Cc2ccc3ccccc3c2)N(C)C(=O)/C=C/CC(C)(C)N)C1. The van der Waals surface area contributed by atoms with Gasteiger partial charge in [-0.15, -0.1) is 0 Å². The van der Waals surface area contributed by atoms with Crippen molar-refractivity contribution in [2.45, 2.75) is 57.2 Å². The summed E-state index contributed by atoms with van der Waals surface area (Å²) in [6.07, 6.45) is 6.08. The minimum absolute atomic E-state index is 0.0889. The smallest absolute Gasteiger partial charge is 0.250 e. The molecule has 3 atom stereocenters. The number of nitrogens with zero attached hydrogens (tertiary/aromatic N) is 4. The number of rotatable bonds is 12. The number of hydrogen-bond donors (Lipinski definition) is 1. The zero-order chi connectivity index (χ0) is 33.4. The van der Waals surface area contributed by atoms with Crippen LogP contribution in [0.2, 0.25) is 0 Å². The molecular formula is C38H51N5O3. The second-order valence-corrected chi connectivity index (χ2v) is 13.8. The van der Waals surface area contributed by atoms with Crippen molar-refractivity contribution in [3.05, 3.63) is 96.1 Å². The van der Waals surface area contributed by atoms with Crippen molar-refractivity contribution >= 4 is 28.5 Å². The molecule has 0 saturated carbocycles. The molecule has 1 fully saturated rings. The lowest BCUT2D eigenvalue weighted by Crippen LogP contribution is -2.53. The highest BCUT2D eigenvalue weighted by atomic mass is 16.2. The van der Waals surface area contributed by atoms with Gasteiger partial charge in [-0.05, 0) is 81.1 Å². The molecule has 1 saturated heterocycles. The molecule has 46 heavy (non-hydrogen) atoms. The van der Waals surface area contributed by atoms with E-state index < -0.39 is 17.6 Å². The summed E-state index contributed by atoms with van der Waals surface area (Å²) in [7, 11) is 7.46. The molecule has 8 nitrogen and oxygen atoms in total. The number of likely N-dealkylation sites (N-methyl/N-ethyl adjacent to an activating group) is 2. The Hall–Kier alpha value is -4.01. The van der Waals surface area contributed by atoms with Crippen molar-refractivity contribution in [3.63, 3.8) is 0 Å². The Labute approximate surface area is 274 Å². The number of hydrogen-bond acceptors (Lipinski definition) is 5. The lowest BCUT2D eigenvalue weighted by Gasteiger charge is -2.39. The minimum Gasteiger partial charge on any atom is -0.340 e. The van der Waals surface area contributed by atoms with Crippen LogP contribution in [-0.4, -0.2) is 96.7 Å². The van der Waals surface area contributed by atoms with Gasteiger partial charge in [-0.3, -0.25) is 14.4 Å². The van der Waals surface area contributed by atoms with E-state index in [-0.39, 0.29) is 17.7 Å². The number of fused-ring (bicyclic) bond motifs is 1. The molecule has 4 rings (SSSR count). The van der Waals surface area contributed by atoms with Gasteiger partial charge in [0.05, 0.1) is 0 Å². The summed E-state index contributed by atoms with van der Waals surface area (Å²) >= 11 is 0. The minimum atomic E-state index is -0.837. The lowest BCUT2D eigenvalue weighted by molar-refractivity contribution is -0.150. The van der Waals surface area contributed by atoms with Crippen LogP contribution in [0.5, 0.6) is 0 Å². The van der Waals surface area contributed by atoms with Gasteiger partial charge in [-0.1, -0.05) is 78.9 Å². The average molecular weight is 626 g/mol. The number of carbonyl (C=O) groups excluding carboxylic acids is 3. The van der Waals surface area contributed by atoms with Crippen LogP contribution in [0.25, 0.3) is 10.8 Å². The fourth-order valence-corrected chi connectivity index (χ4v) is 6.35. The molecule has 246 valence electrons. The van der Waals surface area contributed by atoms with Crippen LogP contribution in [0, 0.1) is 5.92 Å². The first kappa shape index (κ1) is 34.9. The van der Waals surface area contributed by atoms with E-state index in [4.69, 9.17) is 5.73 Å². The van der Waals surface area contributed by atoms with Crippen molar-refractivity contribution in [3.8, 4) is 0 Å². The van der Waals surface area contributed by atoms with E-state index in [1.165, 1.54) is 11.0 Å². The molecule has 3 amide bonds. The molecule has 1 aliphatic rings. The van der Waals surface area contributed by atoms with Crippen LogP contribution in [0.1, 0.15) is 50.3 Å². The quantitative estimate of drug-likeness (QED) is 0.290. The molecule has 2 N–H and O–H groups in total. The van der Waals surface area contributed by atoms with Crippen molar-refractivity contribution in [1.29, 1.82) is 0 Å². The summed E-state index contributed by atoms with van der Waals surface area (Å²) < 4.78 is 0. The van der Waals surface area contributed by atoms with E-state index in [1.54, 1.807) is 25.1 Å². The first-order valence-corrected chi connectivity index (χ1v) is 16.3. The van der Waals surface area contributed by atoms with Gasteiger partial charge in [-0.2, -0.15) is 0 Å². The number of benzene rings is 3.